The fourth-order valence-electron chi connectivity index (χ4n) is 1.33. The molecule has 0 bridgehead atoms. The highest BCUT2D eigenvalue weighted by Gasteiger charge is 2.13. The summed E-state index contributed by atoms with van der Waals surface area (Å²) in [7, 11) is 1.56. The van der Waals surface area contributed by atoms with Crippen LogP contribution in [0, 0.1) is 6.92 Å². The van der Waals surface area contributed by atoms with Crippen LogP contribution < -0.4 is 10.2 Å². The summed E-state index contributed by atoms with van der Waals surface area (Å²) < 4.78 is 5.09. The molecule has 0 radical (unpaired) electrons. The molecule has 0 aliphatic carbocycles. The van der Waals surface area contributed by atoms with Gasteiger partial charge in [-0.1, -0.05) is 13.8 Å². The van der Waals surface area contributed by atoms with Crippen LogP contribution >= 0.6 is 0 Å². The van der Waals surface area contributed by atoms with Gasteiger partial charge in [0.25, 0.3) is 0 Å². The van der Waals surface area contributed by atoms with E-state index in [9.17, 15) is 4.79 Å². The molecule has 0 aliphatic rings. The zero-order chi connectivity index (χ0) is 10.0. The molecule has 0 spiro atoms. The number of nitrogens with one attached hydrogen (secondary N) is 1. The molecule has 0 saturated heterocycles. The molecule has 0 aromatic carbocycles. The summed E-state index contributed by atoms with van der Waals surface area (Å²) in [6.07, 6.45) is 1.67. The highest BCUT2D eigenvalue weighted by molar-refractivity contribution is 5.32. The molecule has 1 heterocycles. The smallest absolute Gasteiger partial charge is 0.197 e. The van der Waals surface area contributed by atoms with Crippen LogP contribution in [0.2, 0.25) is 0 Å². The Labute approximate surface area is 77.8 Å². The average Bonchev–Trinajstić information content (AvgIpc) is 2.08. The van der Waals surface area contributed by atoms with Crippen molar-refractivity contribution in [3.05, 3.63) is 27.5 Å². The first-order valence-corrected chi connectivity index (χ1v) is 4.34. The number of aromatic amines is 1. The van der Waals surface area contributed by atoms with Gasteiger partial charge in [-0.15, -0.1) is 0 Å². The molecule has 3 nitrogen and oxygen atoms in total. The first-order valence-electron chi connectivity index (χ1n) is 4.34. The van der Waals surface area contributed by atoms with E-state index in [1.54, 1.807) is 20.2 Å². The highest BCUT2D eigenvalue weighted by Crippen LogP contribution is 2.19. The van der Waals surface area contributed by atoms with Gasteiger partial charge in [0, 0.05) is 11.8 Å². The van der Waals surface area contributed by atoms with Crippen LogP contribution in [0.1, 0.15) is 30.9 Å². The molecule has 1 N–H and O–H groups in total. The number of rotatable bonds is 2. The van der Waals surface area contributed by atoms with Crippen LogP contribution in [0.15, 0.2) is 11.0 Å². The standard InChI is InChI=1S/C10H15NO2/c1-6(2)8-9(12)7(3)5-11-10(8)13-4/h5-6H,1-4H3,(H,11,12). The van der Waals surface area contributed by atoms with Gasteiger partial charge in [-0.2, -0.15) is 0 Å². The van der Waals surface area contributed by atoms with Crippen LogP contribution in [0.5, 0.6) is 5.88 Å². The van der Waals surface area contributed by atoms with Crippen LogP contribution in [0.3, 0.4) is 0 Å². The lowest BCUT2D eigenvalue weighted by Gasteiger charge is -2.10. The minimum absolute atomic E-state index is 0.0746. The summed E-state index contributed by atoms with van der Waals surface area (Å²) in [5, 5.41) is 0. The summed E-state index contributed by atoms with van der Waals surface area (Å²) in [4.78, 5) is 14.6. The monoisotopic (exact) mass is 181 g/mol. The van der Waals surface area contributed by atoms with Crippen LogP contribution in [-0.2, 0) is 0 Å². The van der Waals surface area contributed by atoms with Gasteiger partial charge >= 0.3 is 0 Å². The Morgan fingerprint density at radius 3 is 2.54 bits per heavy atom. The SMILES string of the molecule is COc1[nH]cc(C)c(=O)c1C(C)C. The molecule has 0 fully saturated rings. The maximum Gasteiger partial charge on any atom is 0.197 e. The number of hydrogen-bond donors (Lipinski definition) is 1. The first kappa shape index (κ1) is 9.84. The van der Waals surface area contributed by atoms with Crippen molar-refractivity contribution in [1.82, 2.24) is 4.98 Å². The predicted octanol–water partition coefficient (Wildman–Crippen LogP) is 1.82. The van der Waals surface area contributed by atoms with Gasteiger partial charge in [0.1, 0.15) is 0 Å². The number of methoxy groups -OCH3 is 1. The van der Waals surface area contributed by atoms with E-state index in [-0.39, 0.29) is 11.3 Å². The predicted molar refractivity (Wildman–Crippen MR) is 52.4 cm³/mol. The second-order valence-corrected chi connectivity index (χ2v) is 3.40. The largest absolute Gasteiger partial charge is 0.482 e. The van der Waals surface area contributed by atoms with Gasteiger partial charge < -0.3 is 9.72 Å². The van der Waals surface area contributed by atoms with Crippen molar-refractivity contribution >= 4 is 0 Å². The third kappa shape index (κ3) is 1.74. The van der Waals surface area contributed by atoms with E-state index in [2.05, 4.69) is 4.98 Å². The van der Waals surface area contributed by atoms with Gasteiger partial charge in [-0.3, -0.25) is 4.79 Å². The maximum atomic E-state index is 11.7. The third-order valence-electron chi connectivity index (χ3n) is 2.05. The van der Waals surface area contributed by atoms with E-state index in [1.807, 2.05) is 13.8 Å². The highest BCUT2D eigenvalue weighted by atomic mass is 16.5. The molecule has 1 aromatic heterocycles. The van der Waals surface area contributed by atoms with E-state index in [0.29, 0.717) is 5.88 Å². The van der Waals surface area contributed by atoms with Crippen LogP contribution in [0.25, 0.3) is 0 Å². The van der Waals surface area contributed by atoms with E-state index < -0.39 is 0 Å². The van der Waals surface area contributed by atoms with Gasteiger partial charge in [-0.25, -0.2) is 0 Å². The Balaban J connectivity index is 3.42. The normalized spacial score (nSPS) is 10.5. The quantitative estimate of drug-likeness (QED) is 0.756. The Hall–Kier alpha value is -1.25. The van der Waals surface area contributed by atoms with Gasteiger partial charge in [0.05, 0.1) is 12.7 Å². The molecule has 0 aliphatic heterocycles. The van der Waals surface area contributed by atoms with Crippen molar-refractivity contribution in [3.8, 4) is 5.88 Å². The molecule has 0 atom stereocenters. The third-order valence-corrected chi connectivity index (χ3v) is 2.05. The molecule has 3 heteroatoms. The van der Waals surface area contributed by atoms with E-state index in [4.69, 9.17) is 4.74 Å². The molecule has 0 amide bonds. The lowest BCUT2D eigenvalue weighted by molar-refractivity contribution is 0.389. The Kier molecular flexibility index (Phi) is 2.76. The molecular weight excluding hydrogens is 166 g/mol. The zero-order valence-electron chi connectivity index (χ0n) is 8.47. The van der Waals surface area contributed by atoms with E-state index >= 15 is 0 Å². The van der Waals surface area contributed by atoms with Crippen LogP contribution in [-0.4, -0.2) is 12.1 Å². The first-order chi connectivity index (χ1) is 6.07. The van der Waals surface area contributed by atoms with Gasteiger partial charge in [-0.05, 0) is 12.8 Å². The molecule has 0 unspecified atom stereocenters. The molecule has 13 heavy (non-hydrogen) atoms. The average molecular weight is 181 g/mol. The summed E-state index contributed by atoms with van der Waals surface area (Å²) in [6, 6.07) is 0. The van der Waals surface area contributed by atoms with Gasteiger partial charge in [0.15, 0.2) is 11.3 Å². The van der Waals surface area contributed by atoms with Crippen molar-refractivity contribution in [2.75, 3.05) is 7.11 Å². The maximum absolute atomic E-state index is 11.7. The number of ether oxygens (including phenoxy) is 1. The number of H-pyrrole nitrogens is 1. The van der Waals surface area contributed by atoms with Crippen molar-refractivity contribution in [3.63, 3.8) is 0 Å². The second-order valence-electron chi connectivity index (χ2n) is 3.40. The van der Waals surface area contributed by atoms with Crippen molar-refractivity contribution < 1.29 is 4.74 Å². The molecule has 1 aromatic rings. The Morgan fingerprint density at radius 2 is 2.08 bits per heavy atom. The second kappa shape index (κ2) is 3.64. The molecular formula is C10H15NO2. The topological polar surface area (TPSA) is 42.1 Å². The summed E-state index contributed by atoms with van der Waals surface area (Å²) in [6.45, 7) is 5.75. The summed E-state index contributed by atoms with van der Waals surface area (Å²) in [5.41, 5.74) is 1.53. The van der Waals surface area contributed by atoms with E-state index in [0.717, 1.165) is 11.1 Å². The zero-order valence-corrected chi connectivity index (χ0v) is 8.47. The van der Waals surface area contributed by atoms with Crippen molar-refractivity contribution in [1.29, 1.82) is 0 Å². The van der Waals surface area contributed by atoms with Crippen LogP contribution in [0.4, 0.5) is 0 Å². The lowest BCUT2D eigenvalue weighted by atomic mass is 10.0. The number of aryl methyl sites for hydroxylation is 1. The summed E-state index contributed by atoms with van der Waals surface area (Å²) >= 11 is 0. The number of aromatic nitrogens is 1. The minimum atomic E-state index is 0.0746. The summed E-state index contributed by atoms with van der Waals surface area (Å²) in [5.74, 6) is 0.754. The molecule has 0 saturated carbocycles. The number of pyridine rings is 1. The Morgan fingerprint density at radius 1 is 1.46 bits per heavy atom. The lowest BCUT2D eigenvalue weighted by Crippen LogP contribution is -2.15. The fourth-order valence-corrected chi connectivity index (χ4v) is 1.33. The molecule has 1 rings (SSSR count). The van der Waals surface area contributed by atoms with Gasteiger partial charge in [0.2, 0.25) is 0 Å². The minimum Gasteiger partial charge on any atom is -0.482 e. The molecule has 72 valence electrons. The fraction of sp³-hybridized carbons (Fsp3) is 0.500. The van der Waals surface area contributed by atoms with Crippen molar-refractivity contribution in [2.24, 2.45) is 0 Å². The number of hydrogen-bond acceptors (Lipinski definition) is 2. The Bertz CT molecular complexity index is 352. The van der Waals surface area contributed by atoms with Crippen molar-refractivity contribution in [2.45, 2.75) is 26.7 Å². The van der Waals surface area contributed by atoms with E-state index in [1.165, 1.54) is 0 Å².